The second-order valence-corrected chi connectivity index (χ2v) is 7.32. The molecule has 0 aliphatic heterocycles. The van der Waals surface area contributed by atoms with Crippen LogP contribution in [0.5, 0.6) is 11.6 Å². The van der Waals surface area contributed by atoms with Crippen LogP contribution in [0.1, 0.15) is 27.8 Å². The Kier molecular flexibility index (Phi) is 6.41. The zero-order chi connectivity index (χ0) is 21.9. The van der Waals surface area contributed by atoms with Crippen LogP contribution >= 0.6 is 11.6 Å². The Labute approximate surface area is 176 Å². The third-order valence-corrected chi connectivity index (χ3v) is 4.60. The number of alkyl halides is 3. The lowest BCUT2D eigenvalue weighted by atomic mass is 9.98. The molecule has 156 valence electrons. The Hall–Kier alpha value is -2.93. The summed E-state index contributed by atoms with van der Waals surface area (Å²) in [5.41, 5.74) is 1.93. The summed E-state index contributed by atoms with van der Waals surface area (Å²) in [5.74, 6) is 0.720. The molecule has 3 aromatic rings. The summed E-state index contributed by atoms with van der Waals surface area (Å²) < 4.78 is 44.3. The van der Waals surface area contributed by atoms with Gasteiger partial charge in [-0.15, -0.1) is 0 Å². The summed E-state index contributed by atoms with van der Waals surface area (Å²) in [6, 6.07) is 9.96. The summed E-state index contributed by atoms with van der Waals surface area (Å²) in [6.07, 6.45) is -3.10. The van der Waals surface area contributed by atoms with E-state index in [0.717, 1.165) is 28.8 Å². The van der Waals surface area contributed by atoms with E-state index in [9.17, 15) is 18.0 Å². The van der Waals surface area contributed by atoms with Crippen LogP contribution in [0.4, 0.5) is 13.2 Å². The minimum Gasteiger partial charge on any atom is -0.438 e. The summed E-state index contributed by atoms with van der Waals surface area (Å²) in [6.45, 7) is 3.68. The molecule has 0 aliphatic rings. The highest BCUT2D eigenvalue weighted by atomic mass is 35.5. The molecule has 0 aliphatic carbocycles. The summed E-state index contributed by atoms with van der Waals surface area (Å²) in [4.78, 5) is 20.2. The van der Waals surface area contributed by atoms with Gasteiger partial charge >= 0.3 is 6.18 Å². The fraction of sp³-hybridized carbons (Fsp3) is 0.227. The maximum Gasteiger partial charge on any atom is 0.416 e. The molecule has 30 heavy (non-hydrogen) atoms. The van der Waals surface area contributed by atoms with Crippen molar-refractivity contribution in [2.24, 2.45) is 0 Å². The average Bonchev–Trinajstić information content (AvgIpc) is 2.64. The molecule has 0 unspecified atom stereocenters. The van der Waals surface area contributed by atoms with E-state index in [2.05, 4.69) is 9.97 Å². The van der Waals surface area contributed by atoms with Crippen LogP contribution in [0.3, 0.4) is 0 Å². The van der Waals surface area contributed by atoms with Crippen molar-refractivity contribution in [2.45, 2.75) is 32.9 Å². The van der Waals surface area contributed by atoms with Crippen LogP contribution in [0.25, 0.3) is 0 Å². The number of hydrogen-bond acceptors (Lipinski definition) is 4. The molecule has 0 atom stereocenters. The van der Waals surface area contributed by atoms with Crippen molar-refractivity contribution in [1.82, 2.24) is 9.97 Å². The first-order valence-corrected chi connectivity index (χ1v) is 9.43. The lowest BCUT2D eigenvalue weighted by molar-refractivity contribution is -0.137. The van der Waals surface area contributed by atoms with Gasteiger partial charge in [-0.3, -0.25) is 4.79 Å². The minimum atomic E-state index is -4.43. The van der Waals surface area contributed by atoms with Crippen LogP contribution < -0.4 is 4.74 Å². The molecule has 0 amide bonds. The van der Waals surface area contributed by atoms with Gasteiger partial charge in [-0.1, -0.05) is 41.9 Å². The number of ketones is 1. The lowest BCUT2D eigenvalue weighted by Gasteiger charge is -2.13. The highest BCUT2D eigenvalue weighted by Gasteiger charge is 2.30. The molecule has 0 spiro atoms. The fourth-order valence-corrected chi connectivity index (χ4v) is 3.29. The molecule has 8 heteroatoms. The van der Waals surface area contributed by atoms with Gasteiger partial charge in [-0.25, -0.2) is 9.97 Å². The number of carbonyl (C=O) groups is 1. The van der Waals surface area contributed by atoms with Gasteiger partial charge in [0.05, 0.1) is 5.56 Å². The van der Waals surface area contributed by atoms with Crippen molar-refractivity contribution in [3.63, 3.8) is 0 Å². The van der Waals surface area contributed by atoms with E-state index >= 15 is 0 Å². The number of benzene rings is 2. The standard InChI is InChI=1S/C22H18ClF3N2O2/c1-13-6-16(7-14(2)21(13)30-20-11-19(23)27-12-28-20)10-18(29)9-15-4-3-5-17(8-15)22(24,25)26/h3-8,11-12H,9-10H2,1-2H3. The van der Waals surface area contributed by atoms with E-state index in [1.807, 2.05) is 26.0 Å². The monoisotopic (exact) mass is 434 g/mol. The highest BCUT2D eigenvalue weighted by molar-refractivity contribution is 6.29. The Balaban J connectivity index is 1.72. The lowest BCUT2D eigenvalue weighted by Crippen LogP contribution is -2.09. The molecule has 1 heterocycles. The van der Waals surface area contributed by atoms with Crippen LogP contribution in [0.15, 0.2) is 48.8 Å². The van der Waals surface area contributed by atoms with Gasteiger partial charge in [-0.2, -0.15) is 13.2 Å². The zero-order valence-electron chi connectivity index (χ0n) is 16.3. The molecular weight excluding hydrogens is 417 g/mol. The van der Waals surface area contributed by atoms with Gasteiger partial charge in [0.15, 0.2) is 0 Å². The zero-order valence-corrected chi connectivity index (χ0v) is 17.0. The van der Waals surface area contributed by atoms with Gasteiger partial charge in [0.25, 0.3) is 0 Å². The van der Waals surface area contributed by atoms with E-state index in [4.69, 9.17) is 16.3 Å². The van der Waals surface area contributed by atoms with Gasteiger partial charge in [0.1, 0.15) is 23.0 Å². The number of carbonyl (C=O) groups excluding carboxylic acids is 1. The average molecular weight is 435 g/mol. The van der Waals surface area contributed by atoms with E-state index in [1.165, 1.54) is 24.5 Å². The van der Waals surface area contributed by atoms with E-state index in [1.54, 1.807) is 0 Å². The number of rotatable bonds is 6. The molecule has 1 aromatic heterocycles. The molecule has 0 bridgehead atoms. The van der Waals surface area contributed by atoms with E-state index in [-0.39, 0.29) is 23.8 Å². The van der Waals surface area contributed by atoms with Crippen molar-refractivity contribution in [1.29, 1.82) is 0 Å². The minimum absolute atomic E-state index is 0.0697. The number of halogens is 4. The molecule has 0 radical (unpaired) electrons. The fourth-order valence-electron chi connectivity index (χ4n) is 3.16. The van der Waals surface area contributed by atoms with Gasteiger partial charge in [-0.05, 0) is 42.2 Å². The number of aromatic nitrogens is 2. The van der Waals surface area contributed by atoms with Crippen molar-refractivity contribution in [2.75, 3.05) is 0 Å². The smallest absolute Gasteiger partial charge is 0.416 e. The molecule has 2 aromatic carbocycles. The quantitative estimate of drug-likeness (QED) is 0.452. The Morgan fingerprint density at radius 3 is 2.30 bits per heavy atom. The topological polar surface area (TPSA) is 52.1 Å². The van der Waals surface area contributed by atoms with Crippen molar-refractivity contribution >= 4 is 17.4 Å². The molecule has 4 nitrogen and oxygen atoms in total. The molecule has 0 fully saturated rings. The molecule has 0 N–H and O–H groups in total. The molecule has 0 saturated carbocycles. The largest absolute Gasteiger partial charge is 0.438 e. The summed E-state index contributed by atoms with van der Waals surface area (Å²) in [5, 5.41) is 0.257. The van der Waals surface area contributed by atoms with Crippen LogP contribution in [-0.4, -0.2) is 15.8 Å². The van der Waals surface area contributed by atoms with Crippen molar-refractivity contribution in [3.05, 3.63) is 81.8 Å². The number of aryl methyl sites for hydroxylation is 2. The SMILES string of the molecule is Cc1cc(CC(=O)Cc2cccc(C(F)(F)F)c2)cc(C)c1Oc1cc(Cl)ncn1. The van der Waals surface area contributed by atoms with E-state index < -0.39 is 11.7 Å². The Morgan fingerprint density at radius 2 is 1.67 bits per heavy atom. The number of ether oxygens (including phenoxy) is 1. The Morgan fingerprint density at radius 1 is 1.00 bits per heavy atom. The normalized spacial score (nSPS) is 11.4. The van der Waals surface area contributed by atoms with Gasteiger partial charge in [0.2, 0.25) is 5.88 Å². The molecule has 3 rings (SSSR count). The number of hydrogen-bond donors (Lipinski definition) is 0. The number of nitrogens with zero attached hydrogens (tertiary/aromatic N) is 2. The van der Waals surface area contributed by atoms with Gasteiger partial charge < -0.3 is 4.74 Å². The first-order chi connectivity index (χ1) is 14.1. The van der Waals surface area contributed by atoms with Crippen LogP contribution in [0.2, 0.25) is 5.15 Å². The van der Waals surface area contributed by atoms with Gasteiger partial charge in [0, 0.05) is 18.9 Å². The van der Waals surface area contributed by atoms with Crippen molar-refractivity contribution in [3.8, 4) is 11.6 Å². The highest BCUT2D eigenvalue weighted by Crippen LogP contribution is 2.31. The predicted octanol–water partition coefficient (Wildman–Crippen LogP) is 5.91. The van der Waals surface area contributed by atoms with E-state index in [0.29, 0.717) is 17.2 Å². The second kappa shape index (κ2) is 8.83. The Bertz CT molecular complexity index is 1060. The third kappa shape index (κ3) is 5.57. The molecular formula is C22H18ClF3N2O2. The van der Waals surface area contributed by atoms with Crippen LogP contribution in [-0.2, 0) is 23.8 Å². The van der Waals surface area contributed by atoms with Crippen LogP contribution in [0, 0.1) is 13.8 Å². The first-order valence-electron chi connectivity index (χ1n) is 9.05. The summed E-state index contributed by atoms with van der Waals surface area (Å²) in [7, 11) is 0. The third-order valence-electron chi connectivity index (χ3n) is 4.39. The first kappa shape index (κ1) is 21.8. The maximum absolute atomic E-state index is 12.8. The second-order valence-electron chi connectivity index (χ2n) is 6.93. The maximum atomic E-state index is 12.8. The summed E-state index contributed by atoms with van der Waals surface area (Å²) >= 11 is 5.84. The molecule has 0 saturated heterocycles. The van der Waals surface area contributed by atoms with Crippen molar-refractivity contribution < 1.29 is 22.7 Å². The number of Topliss-reactive ketones (excluding diaryl/α,β-unsaturated/α-hetero) is 1. The predicted molar refractivity (Wildman–Crippen MR) is 107 cm³/mol.